The monoisotopic (exact) mass is 514 g/mol. The summed E-state index contributed by atoms with van der Waals surface area (Å²) in [6.45, 7) is 6.18. The molecule has 1 saturated heterocycles. The third-order valence-electron chi connectivity index (χ3n) is 7.81. The number of tetrazole rings is 1. The highest BCUT2D eigenvalue weighted by molar-refractivity contribution is 5.94. The normalized spacial score (nSPS) is 20.2. The number of likely N-dealkylation sites (tertiary alicyclic amines) is 1. The molecule has 1 fully saturated rings. The van der Waals surface area contributed by atoms with Crippen LogP contribution in [0.1, 0.15) is 57.7 Å². The maximum Gasteiger partial charge on any atom is 0.251 e. The molecule has 3 N–H and O–H groups in total. The standard InChI is InChI=1S/C28H31FN8O/c1-18(37-13-3-4-23(37)16-30)17-32-12-11-28(27-33-35-36-34-27)24-9-7-21(26(38)31-2)14-19(24)5-6-20-15-22(29)8-10-25(20)28/h7-10,14-15,23,32H,1,3-6,11-13,17H2,2H3,(H,31,38)(H,33,34,35,36). The van der Waals surface area contributed by atoms with Crippen molar-refractivity contribution in [3.63, 3.8) is 0 Å². The van der Waals surface area contributed by atoms with Crippen molar-refractivity contribution in [1.29, 1.82) is 5.26 Å². The lowest BCUT2D eigenvalue weighted by Gasteiger charge is -2.34. The molecule has 3 aromatic rings. The zero-order chi connectivity index (χ0) is 26.7. The van der Waals surface area contributed by atoms with Gasteiger partial charge >= 0.3 is 0 Å². The molecule has 196 valence electrons. The Hall–Kier alpha value is -4.10. The zero-order valence-corrected chi connectivity index (χ0v) is 21.4. The van der Waals surface area contributed by atoms with Crippen LogP contribution in [0.25, 0.3) is 0 Å². The highest BCUT2D eigenvalue weighted by Gasteiger charge is 2.44. The third-order valence-corrected chi connectivity index (χ3v) is 7.81. The number of hydrogen-bond donors (Lipinski definition) is 3. The smallest absolute Gasteiger partial charge is 0.251 e. The summed E-state index contributed by atoms with van der Waals surface area (Å²) in [4.78, 5) is 14.5. The molecule has 0 bridgehead atoms. The van der Waals surface area contributed by atoms with Crippen LogP contribution in [0, 0.1) is 17.1 Å². The molecule has 1 amide bonds. The minimum absolute atomic E-state index is 0.124. The fourth-order valence-electron chi connectivity index (χ4n) is 5.97. The number of rotatable bonds is 8. The zero-order valence-electron chi connectivity index (χ0n) is 21.4. The van der Waals surface area contributed by atoms with E-state index in [-0.39, 0.29) is 17.8 Å². The molecule has 10 heteroatoms. The molecule has 2 heterocycles. The van der Waals surface area contributed by atoms with Gasteiger partial charge in [0.1, 0.15) is 11.9 Å². The van der Waals surface area contributed by atoms with E-state index in [9.17, 15) is 14.4 Å². The van der Waals surface area contributed by atoms with Gasteiger partial charge in [0.05, 0.1) is 11.5 Å². The largest absolute Gasteiger partial charge is 0.358 e. The number of carbonyl (C=O) groups is 1. The van der Waals surface area contributed by atoms with Crippen LogP contribution in [-0.4, -0.2) is 64.2 Å². The van der Waals surface area contributed by atoms with Crippen LogP contribution < -0.4 is 10.6 Å². The minimum atomic E-state index is -0.795. The van der Waals surface area contributed by atoms with Gasteiger partial charge in [-0.1, -0.05) is 18.7 Å². The Morgan fingerprint density at radius 2 is 2.03 bits per heavy atom. The van der Waals surface area contributed by atoms with Crippen molar-refractivity contribution in [2.45, 2.75) is 43.6 Å². The van der Waals surface area contributed by atoms with Crippen molar-refractivity contribution in [2.24, 2.45) is 0 Å². The molecule has 1 aliphatic heterocycles. The number of aromatic amines is 1. The van der Waals surface area contributed by atoms with Crippen LogP contribution in [-0.2, 0) is 18.3 Å². The molecule has 2 atom stereocenters. The van der Waals surface area contributed by atoms with Gasteiger partial charge in [0.25, 0.3) is 5.91 Å². The Morgan fingerprint density at radius 3 is 2.74 bits per heavy atom. The number of amides is 1. The van der Waals surface area contributed by atoms with Gasteiger partial charge in [-0.15, -0.1) is 5.10 Å². The topological polar surface area (TPSA) is 123 Å². The first-order valence-corrected chi connectivity index (χ1v) is 12.9. The van der Waals surface area contributed by atoms with E-state index in [2.05, 4.69) is 48.8 Å². The molecule has 2 unspecified atom stereocenters. The van der Waals surface area contributed by atoms with Crippen molar-refractivity contribution >= 4 is 5.91 Å². The summed E-state index contributed by atoms with van der Waals surface area (Å²) >= 11 is 0. The number of nitrogens with one attached hydrogen (secondary N) is 3. The van der Waals surface area contributed by atoms with Gasteiger partial charge in [-0.2, -0.15) is 5.26 Å². The molecule has 0 spiro atoms. The van der Waals surface area contributed by atoms with Gasteiger partial charge in [0.15, 0.2) is 5.82 Å². The number of hydrogen-bond acceptors (Lipinski definition) is 7. The van der Waals surface area contributed by atoms with Gasteiger partial charge in [-0.05, 0) is 95.6 Å². The number of nitriles is 1. The van der Waals surface area contributed by atoms with E-state index in [1.807, 2.05) is 24.3 Å². The molecule has 1 aromatic heterocycles. The molecule has 0 radical (unpaired) electrons. The fraction of sp³-hybridized carbons (Fsp3) is 0.393. The summed E-state index contributed by atoms with van der Waals surface area (Å²) in [7, 11) is 1.61. The van der Waals surface area contributed by atoms with E-state index in [1.165, 1.54) is 6.07 Å². The Bertz CT molecular complexity index is 1380. The SMILES string of the molecule is C=C(CNCCC1(c2nnn[nH]2)c2ccc(F)cc2CCc2cc(C(=O)NC)ccc21)N1CCCC1C#N. The number of aromatic nitrogens is 4. The van der Waals surface area contributed by atoms with Crippen molar-refractivity contribution in [3.8, 4) is 6.07 Å². The number of carbonyl (C=O) groups excluding carboxylic acids is 1. The van der Waals surface area contributed by atoms with E-state index in [0.29, 0.717) is 43.7 Å². The Morgan fingerprint density at radius 1 is 1.26 bits per heavy atom. The summed E-state index contributed by atoms with van der Waals surface area (Å²) in [5.41, 5.74) is 4.47. The van der Waals surface area contributed by atoms with E-state index < -0.39 is 5.41 Å². The first-order valence-electron chi connectivity index (χ1n) is 12.9. The molecule has 38 heavy (non-hydrogen) atoms. The minimum Gasteiger partial charge on any atom is -0.358 e. The van der Waals surface area contributed by atoms with Gasteiger partial charge < -0.3 is 15.5 Å². The first kappa shape index (κ1) is 25.5. The lowest BCUT2D eigenvalue weighted by atomic mass is 9.69. The van der Waals surface area contributed by atoms with Crippen LogP contribution >= 0.6 is 0 Å². The molecular weight excluding hydrogens is 483 g/mol. The number of halogens is 1. The number of fused-ring (bicyclic) bond motifs is 2. The molecule has 2 aliphatic rings. The highest BCUT2D eigenvalue weighted by Crippen LogP contribution is 2.46. The molecule has 5 rings (SSSR count). The second kappa shape index (κ2) is 10.7. The molecule has 0 saturated carbocycles. The predicted octanol–water partition coefficient (Wildman–Crippen LogP) is 2.61. The summed E-state index contributed by atoms with van der Waals surface area (Å²) in [6, 6.07) is 12.8. The Balaban J connectivity index is 1.52. The van der Waals surface area contributed by atoms with Crippen molar-refractivity contribution in [2.75, 3.05) is 26.7 Å². The maximum atomic E-state index is 14.4. The lowest BCUT2D eigenvalue weighted by Crippen LogP contribution is -2.38. The number of benzene rings is 2. The number of aryl methyl sites for hydroxylation is 2. The third kappa shape index (κ3) is 4.54. The van der Waals surface area contributed by atoms with Crippen LogP contribution in [0.15, 0.2) is 48.7 Å². The summed E-state index contributed by atoms with van der Waals surface area (Å²) in [6.07, 6.45) is 3.69. The fourth-order valence-corrected chi connectivity index (χ4v) is 5.97. The summed E-state index contributed by atoms with van der Waals surface area (Å²) in [5.74, 6) is 0.105. The quantitative estimate of drug-likeness (QED) is 0.395. The number of nitrogens with zero attached hydrogens (tertiary/aromatic N) is 5. The van der Waals surface area contributed by atoms with Gasteiger partial charge in [0, 0.05) is 31.4 Å². The molecular formula is C28H31FN8O. The predicted molar refractivity (Wildman–Crippen MR) is 140 cm³/mol. The van der Waals surface area contributed by atoms with Crippen molar-refractivity contribution in [3.05, 3.63) is 88.1 Å². The maximum absolute atomic E-state index is 14.4. The molecule has 1 aliphatic carbocycles. The van der Waals surface area contributed by atoms with E-state index in [1.54, 1.807) is 13.1 Å². The number of H-pyrrole nitrogens is 1. The van der Waals surface area contributed by atoms with E-state index in [4.69, 9.17) is 0 Å². The van der Waals surface area contributed by atoms with Crippen molar-refractivity contribution in [1.82, 2.24) is 36.2 Å². The van der Waals surface area contributed by atoms with Crippen molar-refractivity contribution < 1.29 is 9.18 Å². The Labute approximate surface area is 221 Å². The van der Waals surface area contributed by atoms with Crippen LogP contribution in [0.4, 0.5) is 4.39 Å². The highest BCUT2D eigenvalue weighted by atomic mass is 19.1. The Kier molecular flexibility index (Phi) is 7.20. The van der Waals surface area contributed by atoms with E-state index >= 15 is 0 Å². The molecule has 2 aromatic carbocycles. The van der Waals surface area contributed by atoms with Crippen LogP contribution in [0.3, 0.4) is 0 Å². The average Bonchev–Trinajstić information content (AvgIpc) is 3.63. The van der Waals surface area contributed by atoms with Crippen LogP contribution in [0.2, 0.25) is 0 Å². The lowest BCUT2D eigenvalue weighted by molar-refractivity contribution is 0.0963. The van der Waals surface area contributed by atoms with Gasteiger partial charge in [-0.25, -0.2) is 9.49 Å². The average molecular weight is 515 g/mol. The first-order chi connectivity index (χ1) is 18.5. The second-order valence-electron chi connectivity index (χ2n) is 9.88. The van der Waals surface area contributed by atoms with E-state index in [0.717, 1.165) is 47.3 Å². The van der Waals surface area contributed by atoms with Gasteiger partial charge in [-0.3, -0.25) is 4.79 Å². The molecule has 9 nitrogen and oxygen atoms in total. The summed E-state index contributed by atoms with van der Waals surface area (Å²) in [5, 5.41) is 30.8. The van der Waals surface area contributed by atoms with Crippen LogP contribution in [0.5, 0.6) is 0 Å². The summed E-state index contributed by atoms with van der Waals surface area (Å²) < 4.78 is 14.4. The second-order valence-corrected chi connectivity index (χ2v) is 9.88. The van der Waals surface area contributed by atoms with Gasteiger partial charge in [0.2, 0.25) is 0 Å².